The van der Waals surface area contributed by atoms with E-state index in [1.54, 1.807) is 0 Å². The highest BCUT2D eigenvalue weighted by Crippen LogP contribution is 2.28. The third-order valence-electron chi connectivity index (χ3n) is 3.66. The zero-order valence-corrected chi connectivity index (χ0v) is 13.7. The summed E-state index contributed by atoms with van der Waals surface area (Å²) >= 11 is 1.83. The van der Waals surface area contributed by atoms with Crippen LogP contribution in [0, 0.1) is 0 Å². The van der Waals surface area contributed by atoms with Gasteiger partial charge in [0.1, 0.15) is 0 Å². The standard InChI is InChI=1S/C15H27N3S/c1-6-13-17-10-12(19-13)9-16-11-7-14(2,3)18-15(4,5)8-11/h10-11,16,18H,6-9H2,1-5H3. The molecular formula is C15H27N3S. The van der Waals surface area contributed by atoms with Gasteiger partial charge in [-0.15, -0.1) is 11.3 Å². The summed E-state index contributed by atoms with van der Waals surface area (Å²) < 4.78 is 0. The Hall–Kier alpha value is -0.450. The maximum absolute atomic E-state index is 4.42. The third-order valence-corrected chi connectivity index (χ3v) is 4.80. The minimum absolute atomic E-state index is 0.210. The SMILES string of the molecule is CCc1ncc(CNC2CC(C)(C)NC(C)(C)C2)s1. The van der Waals surface area contributed by atoms with E-state index < -0.39 is 0 Å². The number of aryl methyl sites for hydroxylation is 1. The van der Waals surface area contributed by atoms with E-state index in [0.717, 1.165) is 13.0 Å². The molecule has 1 fully saturated rings. The average molecular weight is 281 g/mol. The second-order valence-corrected chi connectivity index (χ2v) is 8.15. The maximum atomic E-state index is 4.42. The second kappa shape index (κ2) is 5.51. The van der Waals surface area contributed by atoms with E-state index in [4.69, 9.17) is 0 Å². The summed E-state index contributed by atoms with van der Waals surface area (Å²) in [6.07, 6.45) is 5.41. The van der Waals surface area contributed by atoms with Crippen LogP contribution in [-0.2, 0) is 13.0 Å². The van der Waals surface area contributed by atoms with Crippen molar-refractivity contribution in [2.24, 2.45) is 0 Å². The molecule has 0 spiro atoms. The van der Waals surface area contributed by atoms with Crippen molar-refractivity contribution in [2.75, 3.05) is 0 Å². The van der Waals surface area contributed by atoms with E-state index in [2.05, 4.69) is 50.2 Å². The molecule has 0 saturated carbocycles. The predicted octanol–water partition coefficient (Wildman–Crippen LogP) is 3.10. The van der Waals surface area contributed by atoms with Crippen molar-refractivity contribution in [2.45, 2.75) is 77.5 Å². The molecule has 2 heterocycles. The van der Waals surface area contributed by atoms with E-state index in [1.165, 1.54) is 22.7 Å². The molecule has 1 aliphatic rings. The van der Waals surface area contributed by atoms with Crippen LogP contribution < -0.4 is 10.6 Å². The van der Waals surface area contributed by atoms with Crippen LogP contribution in [0.15, 0.2) is 6.20 Å². The van der Waals surface area contributed by atoms with Gasteiger partial charge in [-0.2, -0.15) is 0 Å². The first-order valence-electron chi connectivity index (χ1n) is 7.26. The Morgan fingerprint density at radius 3 is 2.47 bits per heavy atom. The van der Waals surface area contributed by atoms with Crippen molar-refractivity contribution in [1.82, 2.24) is 15.6 Å². The first kappa shape index (κ1) is 14.9. The van der Waals surface area contributed by atoms with Gasteiger partial charge >= 0.3 is 0 Å². The van der Waals surface area contributed by atoms with Crippen molar-refractivity contribution in [3.63, 3.8) is 0 Å². The van der Waals surface area contributed by atoms with Crippen molar-refractivity contribution in [1.29, 1.82) is 0 Å². The third kappa shape index (κ3) is 4.26. The molecule has 0 amide bonds. The monoisotopic (exact) mass is 281 g/mol. The Labute approximate surface area is 121 Å². The van der Waals surface area contributed by atoms with Crippen molar-refractivity contribution in [3.05, 3.63) is 16.1 Å². The molecule has 1 aromatic rings. The van der Waals surface area contributed by atoms with Gasteiger partial charge in [0, 0.05) is 34.7 Å². The van der Waals surface area contributed by atoms with Crippen LogP contribution in [0.1, 0.15) is 57.3 Å². The van der Waals surface area contributed by atoms with Gasteiger partial charge in [0.25, 0.3) is 0 Å². The van der Waals surface area contributed by atoms with Gasteiger partial charge in [-0.1, -0.05) is 6.92 Å². The van der Waals surface area contributed by atoms with Gasteiger partial charge in [0.05, 0.1) is 5.01 Å². The second-order valence-electron chi connectivity index (χ2n) is 6.95. The van der Waals surface area contributed by atoms with Gasteiger partial charge in [-0.3, -0.25) is 0 Å². The lowest BCUT2D eigenvalue weighted by Gasteiger charge is -2.46. The van der Waals surface area contributed by atoms with Crippen LogP contribution in [0.5, 0.6) is 0 Å². The summed E-state index contributed by atoms with van der Waals surface area (Å²) in [5.41, 5.74) is 0.420. The largest absolute Gasteiger partial charge is 0.309 e. The minimum Gasteiger partial charge on any atom is -0.309 e. The Balaban J connectivity index is 1.91. The molecule has 0 aromatic carbocycles. The van der Waals surface area contributed by atoms with Gasteiger partial charge < -0.3 is 10.6 Å². The zero-order valence-electron chi connectivity index (χ0n) is 12.8. The molecule has 1 aromatic heterocycles. The highest BCUT2D eigenvalue weighted by Gasteiger charge is 2.37. The molecule has 0 radical (unpaired) electrons. The molecule has 0 aliphatic carbocycles. The summed E-state index contributed by atoms with van der Waals surface area (Å²) in [7, 11) is 0. The molecule has 3 nitrogen and oxygen atoms in total. The lowest BCUT2D eigenvalue weighted by Crippen LogP contribution is -2.61. The van der Waals surface area contributed by atoms with Crippen LogP contribution >= 0.6 is 11.3 Å². The van der Waals surface area contributed by atoms with Crippen molar-refractivity contribution in [3.8, 4) is 0 Å². The maximum Gasteiger partial charge on any atom is 0.0925 e. The molecule has 2 rings (SSSR count). The van der Waals surface area contributed by atoms with Gasteiger partial charge in [0.15, 0.2) is 0 Å². The molecule has 0 bridgehead atoms. The smallest absolute Gasteiger partial charge is 0.0925 e. The highest BCUT2D eigenvalue weighted by molar-refractivity contribution is 7.11. The van der Waals surface area contributed by atoms with Gasteiger partial charge in [-0.25, -0.2) is 4.98 Å². The normalized spacial score (nSPS) is 22.6. The number of aromatic nitrogens is 1. The molecule has 108 valence electrons. The molecule has 0 atom stereocenters. The summed E-state index contributed by atoms with van der Waals surface area (Å²) in [4.78, 5) is 5.77. The van der Waals surface area contributed by atoms with Gasteiger partial charge in [0.2, 0.25) is 0 Å². The first-order chi connectivity index (χ1) is 8.80. The average Bonchev–Trinajstić information content (AvgIpc) is 2.70. The minimum atomic E-state index is 0.210. The Morgan fingerprint density at radius 2 is 1.95 bits per heavy atom. The first-order valence-corrected chi connectivity index (χ1v) is 8.08. The van der Waals surface area contributed by atoms with E-state index >= 15 is 0 Å². The number of hydrogen-bond donors (Lipinski definition) is 2. The molecule has 1 aliphatic heterocycles. The summed E-state index contributed by atoms with van der Waals surface area (Å²) in [6.45, 7) is 12.3. The Bertz CT molecular complexity index is 407. The summed E-state index contributed by atoms with van der Waals surface area (Å²) in [6, 6.07) is 0.582. The highest BCUT2D eigenvalue weighted by atomic mass is 32.1. The number of thiazole rings is 1. The van der Waals surface area contributed by atoms with Crippen molar-refractivity contribution >= 4 is 11.3 Å². The van der Waals surface area contributed by atoms with E-state index in [0.29, 0.717) is 6.04 Å². The summed E-state index contributed by atoms with van der Waals surface area (Å²) in [5, 5.41) is 8.68. The van der Waals surface area contributed by atoms with E-state index in [1.807, 2.05) is 17.5 Å². The molecule has 19 heavy (non-hydrogen) atoms. The van der Waals surface area contributed by atoms with Crippen LogP contribution in [0.3, 0.4) is 0 Å². The molecule has 0 unspecified atom stereocenters. The number of nitrogens with one attached hydrogen (secondary N) is 2. The van der Waals surface area contributed by atoms with Crippen LogP contribution in [0.2, 0.25) is 0 Å². The fraction of sp³-hybridized carbons (Fsp3) is 0.800. The molecular weight excluding hydrogens is 254 g/mol. The topological polar surface area (TPSA) is 37.0 Å². The molecule has 1 saturated heterocycles. The number of piperidine rings is 1. The predicted molar refractivity (Wildman–Crippen MR) is 82.6 cm³/mol. The molecule has 4 heteroatoms. The fourth-order valence-electron chi connectivity index (χ4n) is 3.30. The lowest BCUT2D eigenvalue weighted by molar-refractivity contribution is 0.146. The lowest BCUT2D eigenvalue weighted by atomic mass is 9.79. The number of nitrogens with zero attached hydrogens (tertiary/aromatic N) is 1. The number of rotatable bonds is 4. The number of hydrogen-bond acceptors (Lipinski definition) is 4. The Kier molecular flexibility index (Phi) is 4.33. The van der Waals surface area contributed by atoms with E-state index in [-0.39, 0.29) is 11.1 Å². The fourth-order valence-corrected chi connectivity index (χ4v) is 4.12. The van der Waals surface area contributed by atoms with Gasteiger partial charge in [-0.05, 0) is 47.0 Å². The van der Waals surface area contributed by atoms with Crippen LogP contribution in [0.25, 0.3) is 0 Å². The van der Waals surface area contributed by atoms with Crippen molar-refractivity contribution < 1.29 is 0 Å². The van der Waals surface area contributed by atoms with Crippen LogP contribution in [-0.4, -0.2) is 22.1 Å². The Morgan fingerprint density at radius 1 is 1.32 bits per heavy atom. The summed E-state index contributed by atoms with van der Waals surface area (Å²) in [5.74, 6) is 0. The van der Waals surface area contributed by atoms with Crippen LogP contribution in [0.4, 0.5) is 0 Å². The molecule has 2 N–H and O–H groups in total. The quantitative estimate of drug-likeness (QED) is 0.890. The van der Waals surface area contributed by atoms with E-state index in [9.17, 15) is 0 Å². The zero-order chi connectivity index (χ0) is 14.1.